The Morgan fingerprint density at radius 1 is 1.32 bits per heavy atom. The SMILES string of the molecule is O=C(Cn1cccn1)N1CCN(CC(O)c2cccs2)CC1. The van der Waals surface area contributed by atoms with Crippen LogP contribution in [-0.4, -0.2) is 63.3 Å². The number of piperazine rings is 1. The van der Waals surface area contributed by atoms with Crippen molar-refractivity contribution in [2.24, 2.45) is 0 Å². The molecule has 22 heavy (non-hydrogen) atoms. The minimum atomic E-state index is -0.439. The molecule has 0 aliphatic carbocycles. The molecule has 1 N–H and O–H groups in total. The number of rotatable bonds is 5. The zero-order chi connectivity index (χ0) is 15.4. The summed E-state index contributed by atoms with van der Waals surface area (Å²) in [6.07, 6.45) is 3.04. The molecule has 1 aliphatic rings. The van der Waals surface area contributed by atoms with E-state index in [4.69, 9.17) is 0 Å². The molecule has 0 bridgehead atoms. The molecule has 0 aromatic carbocycles. The van der Waals surface area contributed by atoms with Gasteiger partial charge in [0.15, 0.2) is 0 Å². The van der Waals surface area contributed by atoms with E-state index in [1.54, 1.807) is 28.4 Å². The van der Waals surface area contributed by atoms with Gasteiger partial charge in [0, 0.05) is 50.0 Å². The number of nitrogens with zero attached hydrogens (tertiary/aromatic N) is 4. The van der Waals surface area contributed by atoms with Crippen LogP contribution in [0.4, 0.5) is 0 Å². The maximum Gasteiger partial charge on any atom is 0.244 e. The zero-order valence-electron chi connectivity index (χ0n) is 12.3. The van der Waals surface area contributed by atoms with Crippen molar-refractivity contribution in [3.05, 3.63) is 40.8 Å². The van der Waals surface area contributed by atoms with Crippen molar-refractivity contribution >= 4 is 17.2 Å². The third-order valence-electron chi connectivity index (χ3n) is 3.88. The summed E-state index contributed by atoms with van der Waals surface area (Å²) in [4.78, 5) is 17.3. The minimum absolute atomic E-state index is 0.0992. The number of aliphatic hydroxyl groups excluding tert-OH is 1. The fraction of sp³-hybridized carbons (Fsp3) is 0.467. The van der Waals surface area contributed by atoms with Gasteiger partial charge < -0.3 is 10.0 Å². The van der Waals surface area contributed by atoms with Crippen molar-refractivity contribution in [1.29, 1.82) is 0 Å². The first-order chi connectivity index (χ1) is 10.7. The van der Waals surface area contributed by atoms with Crippen molar-refractivity contribution in [3.63, 3.8) is 0 Å². The molecule has 2 aromatic rings. The fourth-order valence-electron chi connectivity index (χ4n) is 2.63. The monoisotopic (exact) mass is 320 g/mol. The Morgan fingerprint density at radius 2 is 2.14 bits per heavy atom. The van der Waals surface area contributed by atoms with E-state index in [1.807, 2.05) is 28.5 Å². The van der Waals surface area contributed by atoms with Crippen LogP contribution in [-0.2, 0) is 11.3 Å². The van der Waals surface area contributed by atoms with Gasteiger partial charge in [-0.2, -0.15) is 5.10 Å². The Hall–Kier alpha value is -1.70. The molecular formula is C15H20N4O2S. The van der Waals surface area contributed by atoms with Crippen LogP contribution < -0.4 is 0 Å². The van der Waals surface area contributed by atoms with E-state index < -0.39 is 6.10 Å². The summed E-state index contributed by atoms with van der Waals surface area (Å²) in [5.41, 5.74) is 0. The van der Waals surface area contributed by atoms with Crippen LogP contribution >= 0.6 is 11.3 Å². The van der Waals surface area contributed by atoms with Crippen molar-refractivity contribution in [3.8, 4) is 0 Å². The number of hydrogen-bond donors (Lipinski definition) is 1. The summed E-state index contributed by atoms with van der Waals surface area (Å²) in [5, 5.41) is 16.2. The summed E-state index contributed by atoms with van der Waals surface area (Å²) < 4.78 is 1.65. The van der Waals surface area contributed by atoms with E-state index in [1.165, 1.54) is 0 Å². The number of β-amino-alcohol motifs (C(OH)–C–C–N with tert-alkyl or cyclic N) is 1. The second-order valence-corrected chi connectivity index (χ2v) is 6.40. The largest absolute Gasteiger partial charge is 0.386 e. The van der Waals surface area contributed by atoms with Crippen LogP contribution in [0.15, 0.2) is 36.0 Å². The first-order valence-corrected chi connectivity index (χ1v) is 8.29. The molecule has 1 saturated heterocycles. The van der Waals surface area contributed by atoms with Gasteiger partial charge in [0.1, 0.15) is 12.6 Å². The van der Waals surface area contributed by atoms with Crippen LogP contribution in [0.2, 0.25) is 0 Å². The lowest BCUT2D eigenvalue weighted by molar-refractivity contribution is -0.133. The quantitative estimate of drug-likeness (QED) is 0.886. The predicted octanol–water partition coefficient (Wildman–Crippen LogP) is 0.822. The van der Waals surface area contributed by atoms with E-state index in [2.05, 4.69) is 10.00 Å². The van der Waals surface area contributed by atoms with Gasteiger partial charge in [-0.3, -0.25) is 14.4 Å². The average molecular weight is 320 g/mol. The summed E-state index contributed by atoms with van der Waals surface area (Å²) in [5.74, 6) is 0.0992. The average Bonchev–Trinajstić information content (AvgIpc) is 3.21. The van der Waals surface area contributed by atoms with E-state index in [0.29, 0.717) is 26.2 Å². The van der Waals surface area contributed by atoms with Crippen LogP contribution in [0.1, 0.15) is 11.0 Å². The van der Waals surface area contributed by atoms with Crippen molar-refractivity contribution in [1.82, 2.24) is 19.6 Å². The minimum Gasteiger partial charge on any atom is -0.386 e. The Labute approximate surface area is 133 Å². The highest BCUT2D eigenvalue weighted by Gasteiger charge is 2.23. The maximum atomic E-state index is 12.2. The Morgan fingerprint density at radius 3 is 2.77 bits per heavy atom. The Kier molecular flexibility index (Phi) is 4.87. The molecule has 6 nitrogen and oxygen atoms in total. The number of thiophene rings is 1. The topological polar surface area (TPSA) is 61.6 Å². The van der Waals surface area contributed by atoms with Gasteiger partial charge in [-0.15, -0.1) is 11.3 Å². The lowest BCUT2D eigenvalue weighted by Crippen LogP contribution is -2.50. The molecule has 1 fully saturated rings. The van der Waals surface area contributed by atoms with Gasteiger partial charge in [-0.1, -0.05) is 6.07 Å². The van der Waals surface area contributed by atoms with Crippen molar-refractivity contribution in [2.45, 2.75) is 12.6 Å². The summed E-state index contributed by atoms with van der Waals surface area (Å²) >= 11 is 1.58. The molecule has 1 amide bonds. The second-order valence-electron chi connectivity index (χ2n) is 5.42. The maximum absolute atomic E-state index is 12.2. The first kappa shape index (κ1) is 15.2. The van der Waals surface area contributed by atoms with Crippen molar-refractivity contribution < 1.29 is 9.90 Å². The van der Waals surface area contributed by atoms with Gasteiger partial charge in [-0.05, 0) is 17.5 Å². The van der Waals surface area contributed by atoms with E-state index in [9.17, 15) is 9.90 Å². The number of carbonyl (C=O) groups excluding carboxylic acids is 1. The highest BCUT2D eigenvalue weighted by molar-refractivity contribution is 7.10. The van der Waals surface area contributed by atoms with Gasteiger partial charge in [0.25, 0.3) is 0 Å². The fourth-order valence-corrected chi connectivity index (χ4v) is 3.33. The highest BCUT2D eigenvalue weighted by atomic mass is 32.1. The molecular weight excluding hydrogens is 300 g/mol. The zero-order valence-corrected chi connectivity index (χ0v) is 13.2. The Balaban J connectivity index is 1.45. The molecule has 1 aliphatic heterocycles. The standard InChI is InChI=1S/C15H20N4O2S/c20-13(14-3-1-10-22-14)11-17-6-8-18(9-7-17)15(21)12-19-5-2-4-16-19/h1-5,10,13,20H,6-9,11-12H2. The smallest absolute Gasteiger partial charge is 0.244 e. The van der Waals surface area contributed by atoms with Gasteiger partial charge >= 0.3 is 0 Å². The Bertz CT molecular complexity index is 577. The molecule has 118 valence electrons. The molecule has 3 rings (SSSR count). The summed E-state index contributed by atoms with van der Waals surface area (Å²) in [7, 11) is 0. The van der Waals surface area contributed by atoms with Crippen LogP contribution in [0.3, 0.4) is 0 Å². The molecule has 0 radical (unpaired) electrons. The second kappa shape index (κ2) is 7.04. The third-order valence-corrected chi connectivity index (χ3v) is 4.86. The number of carbonyl (C=O) groups is 1. The normalized spacial score (nSPS) is 17.6. The highest BCUT2D eigenvalue weighted by Crippen LogP contribution is 2.20. The molecule has 0 spiro atoms. The van der Waals surface area contributed by atoms with E-state index >= 15 is 0 Å². The van der Waals surface area contributed by atoms with E-state index in [0.717, 1.165) is 18.0 Å². The number of aliphatic hydroxyl groups is 1. The van der Waals surface area contributed by atoms with E-state index in [-0.39, 0.29) is 5.91 Å². The molecule has 0 saturated carbocycles. The van der Waals surface area contributed by atoms with Gasteiger partial charge in [-0.25, -0.2) is 0 Å². The number of hydrogen-bond acceptors (Lipinski definition) is 5. The van der Waals surface area contributed by atoms with Crippen LogP contribution in [0.5, 0.6) is 0 Å². The molecule has 7 heteroatoms. The van der Waals surface area contributed by atoms with Crippen LogP contribution in [0.25, 0.3) is 0 Å². The van der Waals surface area contributed by atoms with Crippen molar-refractivity contribution in [2.75, 3.05) is 32.7 Å². The van der Waals surface area contributed by atoms with Gasteiger partial charge in [0.05, 0.1) is 0 Å². The predicted molar refractivity (Wildman–Crippen MR) is 84.5 cm³/mol. The lowest BCUT2D eigenvalue weighted by Gasteiger charge is -2.35. The molecule has 1 atom stereocenters. The van der Waals surface area contributed by atoms with Crippen LogP contribution in [0, 0.1) is 0 Å². The lowest BCUT2D eigenvalue weighted by atomic mass is 10.2. The first-order valence-electron chi connectivity index (χ1n) is 7.41. The third kappa shape index (κ3) is 3.73. The summed E-state index contributed by atoms with van der Waals surface area (Å²) in [6, 6.07) is 5.73. The van der Waals surface area contributed by atoms with Gasteiger partial charge in [0.2, 0.25) is 5.91 Å². The summed E-state index contributed by atoms with van der Waals surface area (Å²) in [6.45, 7) is 3.93. The molecule has 1 unspecified atom stereocenters. The number of amides is 1. The molecule has 2 aromatic heterocycles. The number of aromatic nitrogens is 2. The molecule has 3 heterocycles.